The van der Waals surface area contributed by atoms with E-state index in [1.54, 1.807) is 27.7 Å². The van der Waals surface area contributed by atoms with Crippen molar-refractivity contribution < 1.29 is 22.8 Å². The monoisotopic (exact) mass is 384 g/mol. The summed E-state index contributed by atoms with van der Waals surface area (Å²) in [4.78, 5) is 23.5. The van der Waals surface area contributed by atoms with E-state index in [1.807, 2.05) is 0 Å². The van der Waals surface area contributed by atoms with Crippen LogP contribution in [0.2, 0.25) is 0 Å². The molecule has 0 atom stereocenters. The summed E-state index contributed by atoms with van der Waals surface area (Å²) in [6.45, 7) is 6.33. The Morgan fingerprint density at radius 2 is 1.73 bits per heavy atom. The molecule has 2 N–H and O–H groups in total. The number of halogens is 3. The van der Waals surface area contributed by atoms with Crippen LogP contribution in [0.3, 0.4) is 0 Å². The van der Waals surface area contributed by atoms with Gasteiger partial charge in [0.25, 0.3) is 11.8 Å². The molecule has 2 aromatic rings. The molecule has 1 heterocycles. The lowest BCUT2D eigenvalue weighted by Gasteiger charge is -2.24. The number of carbonyl (C=O) groups excluding carboxylic acids is 2. The Morgan fingerprint density at radius 1 is 1.08 bits per heavy atom. The van der Waals surface area contributed by atoms with Gasteiger partial charge < -0.3 is 10.6 Å². The van der Waals surface area contributed by atoms with Crippen LogP contribution in [-0.4, -0.2) is 17.4 Å². The molecule has 0 aliphatic carbocycles. The molecule has 0 radical (unpaired) electrons. The van der Waals surface area contributed by atoms with Crippen LogP contribution in [-0.2, 0) is 10.7 Å². The largest absolute Gasteiger partial charge is 0.358 e. The standard InChI is InChI=1S/C18H19F3N2O2S/c1-10-9-11(5-6-12(10)19)22-15(24)13-7-8-14(26-13)18(20,21)16(25)23-17(2,3)4/h5-9H,1-4H3,(H,22,24)(H,23,25). The average Bonchev–Trinajstić information content (AvgIpc) is 3.00. The SMILES string of the molecule is Cc1cc(NC(=O)c2ccc(C(F)(F)C(=O)NC(C)(C)C)s2)ccc1F. The smallest absolute Gasteiger partial charge is 0.346 e. The van der Waals surface area contributed by atoms with Gasteiger partial charge in [-0.25, -0.2) is 4.39 Å². The van der Waals surface area contributed by atoms with E-state index in [0.29, 0.717) is 22.6 Å². The summed E-state index contributed by atoms with van der Waals surface area (Å²) in [6.07, 6.45) is 0. The third-order valence-corrected chi connectivity index (χ3v) is 4.48. The maximum atomic E-state index is 14.3. The van der Waals surface area contributed by atoms with Gasteiger partial charge in [0, 0.05) is 11.2 Å². The van der Waals surface area contributed by atoms with E-state index in [-0.39, 0.29) is 4.88 Å². The molecule has 140 valence electrons. The summed E-state index contributed by atoms with van der Waals surface area (Å²) in [5, 5.41) is 4.75. The molecule has 0 spiro atoms. The van der Waals surface area contributed by atoms with E-state index >= 15 is 0 Å². The molecule has 26 heavy (non-hydrogen) atoms. The maximum absolute atomic E-state index is 14.3. The van der Waals surface area contributed by atoms with E-state index < -0.39 is 34.0 Å². The molecule has 2 rings (SSSR count). The van der Waals surface area contributed by atoms with Gasteiger partial charge in [-0.2, -0.15) is 8.78 Å². The van der Waals surface area contributed by atoms with Gasteiger partial charge in [0.2, 0.25) is 0 Å². The Kier molecular flexibility index (Phi) is 5.46. The fourth-order valence-corrected chi connectivity index (χ4v) is 2.95. The zero-order valence-electron chi connectivity index (χ0n) is 14.7. The van der Waals surface area contributed by atoms with Gasteiger partial charge in [-0.15, -0.1) is 11.3 Å². The van der Waals surface area contributed by atoms with Crippen LogP contribution >= 0.6 is 11.3 Å². The molecule has 4 nitrogen and oxygen atoms in total. The summed E-state index contributed by atoms with van der Waals surface area (Å²) < 4.78 is 41.9. The van der Waals surface area contributed by atoms with Gasteiger partial charge in [-0.3, -0.25) is 9.59 Å². The Labute approximate surface area is 153 Å². The van der Waals surface area contributed by atoms with Crippen LogP contribution in [0, 0.1) is 12.7 Å². The molecule has 0 saturated heterocycles. The number of carbonyl (C=O) groups is 2. The molecule has 0 aliphatic rings. The summed E-state index contributed by atoms with van der Waals surface area (Å²) in [7, 11) is 0. The minimum absolute atomic E-state index is 0.0187. The third-order valence-electron chi connectivity index (χ3n) is 3.33. The summed E-state index contributed by atoms with van der Waals surface area (Å²) in [6, 6.07) is 6.30. The highest BCUT2D eigenvalue weighted by molar-refractivity contribution is 7.14. The number of alkyl halides is 2. The van der Waals surface area contributed by atoms with Crippen molar-refractivity contribution in [1.82, 2.24) is 5.32 Å². The lowest BCUT2D eigenvalue weighted by Crippen LogP contribution is -2.47. The zero-order valence-corrected chi connectivity index (χ0v) is 15.6. The zero-order chi connectivity index (χ0) is 19.7. The molecule has 0 fully saturated rings. The number of hydrogen-bond acceptors (Lipinski definition) is 3. The van der Waals surface area contributed by atoms with Gasteiger partial charge >= 0.3 is 5.92 Å². The van der Waals surface area contributed by atoms with Crippen molar-refractivity contribution in [2.45, 2.75) is 39.2 Å². The number of hydrogen-bond donors (Lipinski definition) is 2. The lowest BCUT2D eigenvalue weighted by atomic mass is 10.1. The number of amides is 2. The minimum atomic E-state index is -3.75. The van der Waals surface area contributed by atoms with Gasteiger partial charge in [-0.05, 0) is 63.6 Å². The van der Waals surface area contributed by atoms with Crippen molar-refractivity contribution in [3.8, 4) is 0 Å². The molecule has 0 bridgehead atoms. The van der Waals surface area contributed by atoms with Crippen molar-refractivity contribution in [1.29, 1.82) is 0 Å². The number of benzene rings is 1. The lowest BCUT2D eigenvalue weighted by molar-refractivity contribution is -0.148. The predicted octanol–water partition coefficient (Wildman–Crippen LogP) is 4.45. The van der Waals surface area contributed by atoms with Gasteiger partial charge in [0.1, 0.15) is 5.82 Å². The van der Waals surface area contributed by atoms with E-state index in [4.69, 9.17) is 0 Å². The van der Waals surface area contributed by atoms with E-state index in [2.05, 4.69) is 10.6 Å². The summed E-state index contributed by atoms with van der Waals surface area (Å²) in [5.41, 5.74) is -0.112. The minimum Gasteiger partial charge on any atom is -0.346 e. The maximum Gasteiger partial charge on any atom is 0.358 e. The van der Waals surface area contributed by atoms with E-state index in [9.17, 15) is 22.8 Å². The topological polar surface area (TPSA) is 58.2 Å². The van der Waals surface area contributed by atoms with Crippen molar-refractivity contribution in [3.05, 3.63) is 51.5 Å². The van der Waals surface area contributed by atoms with E-state index in [1.165, 1.54) is 24.3 Å². The van der Waals surface area contributed by atoms with Crippen LogP contribution in [0.15, 0.2) is 30.3 Å². The van der Waals surface area contributed by atoms with E-state index in [0.717, 1.165) is 6.07 Å². The highest BCUT2D eigenvalue weighted by atomic mass is 32.1. The Balaban J connectivity index is 2.16. The first-order chi connectivity index (χ1) is 11.9. The summed E-state index contributed by atoms with van der Waals surface area (Å²) >= 11 is 0.532. The van der Waals surface area contributed by atoms with Gasteiger partial charge in [0.15, 0.2) is 0 Å². The van der Waals surface area contributed by atoms with Crippen molar-refractivity contribution in [3.63, 3.8) is 0 Å². The van der Waals surface area contributed by atoms with Crippen molar-refractivity contribution in [2.24, 2.45) is 0 Å². The second-order valence-electron chi connectivity index (χ2n) is 6.86. The molecule has 0 saturated carbocycles. The third kappa shape index (κ3) is 4.63. The van der Waals surface area contributed by atoms with Crippen molar-refractivity contribution in [2.75, 3.05) is 5.32 Å². The molecule has 2 amide bonds. The molecule has 1 aromatic heterocycles. The quantitative estimate of drug-likeness (QED) is 0.818. The van der Waals surface area contributed by atoms with Crippen LogP contribution < -0.4 is 10.6 Å². The second kappa shape index (κ2) is 7.11. The first-order valence-electron chi connectivity index (χ1n) is 7.78. The highest BCUT2D eigenvalue weighted by Crippen LogP contribution is 2.34. The molecule has 8 heteroatoms. The van der Waals surface area contributed by atoms with Crippen LogP contribution in [0.5, 0.6) is 0 Å². The van der Waals surface area contributed by atoms with Gasteiger partial charge in [-0.1, -0.05) is 0 Å². The Hall–Kier alpha value is -2.35. The average molecular weight is 384 g/mol. The molecular weight excluding hydrogens is 365 g/mol. The normalized spacial score (nSPS) is 12.0. The van der Waals surface area contributed by atoms with Crippen LogP contribution in [0.25, 0.3) is 0 Å². The number of anilines is 1. The Morgan fingerprint density at radius 3 is 2.31 bits per heavy atom. The number of nitrogens with one attached hydrogen (secondary N) is 2. The molecule has 0 aliphatic heterocycles. The van der Waals surface area contributed by atoms with Crippen molar-refractivity contribution >= 4 is 28.8 Å². The fraction of sp³-hybridized carbons (Fsp3) is 0.333. The van der Waals surface area contributed by atoms with Gasteiger partial charge in [0.05, 0.1) is 9.75 Å². The molecule has 0 unspecified atom stereocenters. The predicted molar refractivity (Wildman–Crippen MR) is 95.2 cm³/mol. The van der Waals surface area contributed by atoms with Crippen LogP contribution in [0.1, 0.15) is 40.9 Å². The first kappa shape index (κ1) is 20.0. The summed E-state index contributed by atoms with van der Waals surface area (Å²) in [5.74, 6) is -6.19. The Bertz CT molecular complexity index is 841. The number of thiophene rings is 1. The van der Waals surface area contributed by atoms with Crippen LogP contribution in [0.4, 0.5) is 18.9 Å². The molecular formula is C18H19F3N2O2S. The highest BCUT2D eigenvalue weighted by Gasteiger charge is 2.43. The number of rotatable bonds is 4. The fourth-order valence-electron chi connectivity index (χ4n) is 2.07. The first-order valence-corrected chi connectivity index (χ1v) is 8.60. The number of aryl methyl sites for hydroxylation is 1. The second-order valence-corrected chi connectivity index (χ2v) is 7.94. The molecule has 1 aromatic carbocycles.